The molecule has 0 aromatic carbocycles. The van der Waals surface area contributed by atoms with E-state index in [0.717, 1.165) is 25.1 Å². The second kappa shape index (κ2) is 6.56. The summed E-state index contributed by atoms with van der Waals surface area (Å²) in [4.78, 5) is 4.28. The van der Waals surface area contributed by atoms with E-state index in [1.807, 2.05) is 6.92 Å². The predicted molar refractivity (Wildman–Crippen MR) is 59.4 cm³/mol. The van der Waals surface area contributed by atoms with Crippen LogP contribution in [0.15, 0.2) is 4.52 Å². The Balaban J connectivity index is 2.33. The van der Waals surface area contributed by atoms with Gasteiger partial charge < -0.3 is 10.3 Å². The van der Waals surface area contributed by atoms with Crippen molar-refractivity contribution in [3.05, 3.63) is 11.7 Å². The van der Waals surface area contributed by atoms with E-state index in [2.05, 4.69) is 17.1 Å². The number of unbranched alkanes of at least 4 members (excludes halogenated alkanes) is 3. The Morgan fingerprint density at radius 2 is 2.07 bits per heavy atom. The highest BCUT2D eigenvalue weighted by molar-refractivity contribution is 4.91. The van der Waals surface area contributed by atoms with Gasteiger partial charge >= 0.3 is 0 Å². The van der Waals surface area contributed by atoms with Gasteiger partial charge in [-0.2, -0.15) is 4.98 Å². The van der Waals surface area contributed by atoms with E-state index in [9.17, 15) is 0 Å². The molecule has 0 aliphatic carbocycles. The minimum absolute atomic E-state index is 0.109. The van der Waals surface area contributed by atoms with Gasteiger partial charge in [0.05, 0.1) is 6.04 Å². The molecule has 2 N–H and O–H groups in total. The van der Waals surface area contributed by atoms with Gasteiger partial charge in [0.2, 0.25) is 5.89 Å². The van der Waals surface area contributed by atoms with Crippen LogP contribution in [0.25, 0.3) is 0 Å². The third-order valence-corrected chi connectivity index (χ3v) is 2.49. The molecule has 0 fully saturated rings. The number of hydrogen-bond donors (Lipinski definition) is 1. The fourth-order valence-corrected chi connectivity index (χ4v) is 1.40. The van der Waals surface area contributed by atoms with Crippen molar-refractivity contribution in [2.75, 3.05) is 0 Å². The summed E-state index contributed by atoms with van der Waals surface area (Å²) in [5.74, 6) is 1.37. The van der Waals surface area contributed by atoms with E-state index in [1.54, 1.807) is 0 Å². The lowest BCUT2D eigenvalue weighted by Crippen LogP contribution is -2.08. The molecule has 0 saturated heterocycles. The van der Waals surface area contributed by atoms with E-state index in [-0.39, 0.29) is 6.04 Å². The van der Waals surface area contributed by atoms with Crippen LogP contribution in [0, 0.1) is 0 Å². The van der Waals surface area contributed by atoms with Crippen LogP contribution < -0.4 is 5.73 Å². The summed E-state index contributed by atoms with van der Waals surface area (Å²) in [5, 5.41) is 3.92. The number of rotatable bonds is 7. The molecule has 1 aromatic rings. The molecule has 1 rings (SSSR count). The summed E-state index contributed by atoms with van der Waals surface area (Å²) >= 11 is 0. The first-order valence-corrected chi connectivity index (χ1v) is 5.86. The third kappa shape index (κ3) is 4.00. The molecule has 1 atom stereocenters. The lowest BCUT2D eigenvalue weighted by Gasteiger charge is -1.99. The number of aromatic nitrogens is 2. The van der Waals surface area contributed by atoms with Crippen LogP contribution in [0.4, 0.5) is 0 Å². The molecule has 0 aliphatic heterocycles. The Morgan fingerprint density at radius 1 is 1.27 bits per heavy atom. The number of nitrogens with zero attached hydrogens (tertiary/aromatic N) is 2. The van der Waals surface area contributed by atoms with E-state index in [4.69, 9.17) is 10.3 Å². The fourth-order valence-electron chi connectivity index (χ4n) is 1.40. The fraction of sp³-hybridized carbons (Fsp3) is 0.818. The lowest BCUT2D eigenvalue weighted by atomic mass is 10.1. The molecule has 0 saturated carbocycles. The molecule has 0 spiro atoms. The summed E-state index contributed by atoms with van der Waals surface area (Å²) in [6, 6.07) is -0.109. The van der Waals surface area contributed by atoms with Crippen molar-refractivity contribution in [3.63, 3.8) is 0 Å². The molecule has 15 heavy (non-hydrogen) atoms. The second-order valence-corrected chi connectivity index (χ2v) is 3.87. The molecule has 1 aromatic heterocycles. The monoisotopic (exact) mass is 211 g/mol. The molecular formula is C11H21N3O. The van der Waals surface area contributed by atoms with Crippen molar-refractivity contribution in [1.29, 1.82) is 0 Å². The van der Waals surface area contributed by atoms with Gasteiger partial charge in [0.1, 0.15) is 0 Å². The molecule has 4 nitrogen and oxygen atoms in total. The molecular weight excluding hydrogens is 190 g/mol. The first kappa shape index (κ1) is 12.2. The van der Waals surface area contributed by atoms with Gasteiger partial charge in [-0.15, -0.1) is 0 Å². The van der Waals surface area contributed by atoms with Crippen LogP contribution in [0.3, 0.4) is 0 Å². The molecule has 1 heterocycles. The topological polar surface area (TPSA) is 64.9 Å². The zero-order valence-corrected chi connectivity index (χ0v) is 9.70. The maximum Gasteiger partial charge on any atom is 0.243 e. The Bertz CT molecular complexity index is 273. The Labute approximate surface area is 91.2 Å². The van der Waals surface area contributed by atoms with Crippen LogP contribution in [-0.4, -0.2) is 10.1 Å². The highest BCUT2D eigenvalue weighted by Gasteiger charge is 2.12. The standard InChI is InChI=1S/C11H21N3O/c1-3-5-6-7-8-10-13-11(15-14-10)9(12)4-2/h9H,3-8,12H2,1-2H3/t9-/m0/s1. The van der Waals surface area contributed by atoms with Crippen LogP contribution in [-0.2, 0) is 6.42 Å². The summed E-state index contributed by atoms with van der Waals surface area (Å²) in [6.07, 6.45) is 6.63. The molecule has 0 radical (unpaired) electrons. The number of hydrogen-bond acceptors (Lipinski definition) is 4. The van der Waals surface area contributed by atoms with Crippen molar-refractivity contribution < 1.29 is 4.52 Å². The minimum Gasteiger partial charge on any atom is -0.338 e. The normalized spacial score (nSPS) is 13.0. The first-order valence-electron chi connectivity index (χ1n) is 5.86. The average Bonchev–Trinajstić information content (AvgIpc) is 2.72. The summed E-state index contributed by atoms with van der Waals surface area (Å²) in [7, 11) is 0. The second-order valence-electron chi connectivity index (χ2n) is 3.87. The van der Waals surface area contributed by atoms with Crippen molar-refractivity contribution in [2.24, 2.45) is 5.73 Å². The van der Waals surface area contributed by atoms with Crippen LogP contribution in [0.1, 0.15) is 63.7 Å². The summed E-state index contributed by atoms with van der Waals surface area (Å²) in [5.41, 5.74) is 5.79. The van der Waals surface area contributed by atoms with E-state index in [0.29, 0.717) is 5.89 Å². The maximum absolute atomic E-state index is 5.79. The van der Waals surface area contributed by atoms with Crippen LogP contribution in [0.5, 0.6) is 0 Å². The Morgan fingerprint density at radius 3 is 2.73 bits per heavy atom. The van der Waals surface area contributed by atoms with Crippen LogP contribution >= 0.6 is 0 Å². The SMILES string of the molecule is CCCCCCc1noc([C@@H](N)CC)n1. The molecule has 86 valence electrons. The van der Waals surface area contributed by atoms with E-state index in [1.165, 1.54) is 19.3 Å². The van der Waals surface area contributed by atoms with Gasteiger partial charge in [-0.3, -0.25) is 0 Å². The molecule has 0 unspecified atom stereocenters. The highest BCUT2D eigenvalue weighted by atomic mass is 16.5. The third-order valence-electron chi connectivity index (χ3n) is 2.49. The average molecular weight is 211 g/mol. The molecule has 0 bridgehead atoms. The summed E-state index contributed by atoms with van der Waals surface area (Å²) < 4.78 is 5.09. The van der Waals surface area contributed by atoms with Gasteiger partial charge in [0.15, 0.2) is 5.82 Å². The predicted octanol–water partition coefficient (Wildman–Crippen LogP) is 2.60. The van der Waals surface area contributed by atoms with Crippen molar-refractivity contribution in [1.82, 2.24) is 10.1 Å². The largest absolute Gasteiger partial charge is 0.338 e. The minimum atomic E-state index is -0.109. The van der Waals surface area contributed by atoms with Crippen molar-refractivity contribution in [3.8, 4) is 0 Å². The van der Waals surface area contributed by atoms with E-state index < -0.39 is 0 Å². The van der Waals surface area contributed by atoms with Gasteiger partial charge in [-0.1, -0.05) is 38.3 Å². The Hall–Kier alpha value is -0.900. The van der Waals surface area contributed by atoms with Crippen molar-refractivity contribution >= 4 is 0 Å². The maximum atomic E-state index is 5.79. The zero-order valence-electron chi connectivity index (χ0n) is 9.70. The zero-order chi connectivity index (χ0) is 11.1. The van der Waals surface area contributed by atoms with Crippen LogP contribution in [0.2, 0.25) is 0 Å². The number of nitrogens with two attached hydrogens (primary N) is 1. The summed E-state index contributed by atoms with van der Waals surface area (Å²) in [6.45, 7) is 4.21. The number of aryl methyl sites for hydroxylation is 1. The van der Waals surface area contributed by atoms with Gasteiger partial charge in [0, 0.05) is 6.42 Å². The van der Waals surface area contributed by atoms with E-state index >= 15 is 0 Å². The molecule has 0 amide bonds. The van der Waals surface area contributed by atoms with Gasteiger partial charge in [-0.25, -0.2) is 0 Å². The smallest absolute Gasteiger partial charge is 0.243 e. The van der Waals surface area contributed by atoms with Crippen molar-refractivity contribution in [2.45, 2.75) is 58.4 Å². The van der Waals surface area contributed by atoms with Gasteiger partial charge in [-0.05, 0) is 12.8 Å². The quantitative estimate of drug-likeness (QED) is 0.704. The van der Waals surface area contributed by atoms with Gasteiger partial charge in [0.25, 0.3) is 0 Å². The molecule has 4 heteroatoms. The highest BCUT2D eigenvalue weighted by Crippen LogP contribution is 2.12. The first-order chi connectivity index (χ1) is 7.27. The Kier molecular flexibility index (Phi) is 5.32. The molecule has 0 aliphatic rings. The lowest BCUT2D eigenvalue weighted by molar-refractivity contribution is 0.348.